The Kier molecular flexibility index (Phi) is 4.45. The minimum absolute atomic E-state index is 0.0915. The van der Waals surface area contributed by atoms with Crippen LogP contribution in [0.25, 0.3) is 11.3 Å². The van der Waals surface area contributed by atoms with E-state index in [0.29, 0.717) is 18.5 Å². The monoisotopic (exact) mass is 462 g/mol. The number of aryl methyl sites for hydroxylation is 2. The molecule has 0 spiro atoms. The fourth-order valence-corrected chi connectivity index (χ4v) is 6.38. The van der Waals surface area contributed by atoms with Crippen LogP contribution in [0.2, 0.25) is 0 Å². The van der Waals surface area contributed by atoms with Gasteiger partial charge >= 0.3 is 0 Å². The number of amides is 2. The van der Waals surface area contributed by atoms with Crippen LogP contribution in [0, 0.1) is 0 Å². The molecule has 1 saturated carbocycles. The van der Waals surface area contributed by atoms with Crippen molar-refractivity contribution < 1.29 is 18.0 Å². The fourth-order valence-electron chi connectivity index (χ4n) is 4.54. The number of carbonyl (C=O) groups excluding carboxylic acids is 2. The van der Waals surface area contributed by atoms with Gasteiger partial charge in [-0.15, -0.1) is 0 Å². The first-order chi connectivity index (χ1) is 15.9. The van der Waals surface area contributed by atoms with Crippen molar-refractivity contribution in [3.05, 3.63) is 65.6 Å². The molecule has 0 radical (unpaired) electrons. The van der Waals surface area contributed by atoms with Gasteiger partial charge in [0.05, 0.1) is 11.3 Å². The number of imidazole rings is 1. The van der Waals surface area contributed by atoms with Gasteiger partial charge in [-0.25, -0.2) is 17.7 Å². The molecule has 3 aromatic rings. The third kappa shape index (κ3) is 3.34. The maximum absolute atomic E-state index is 12.8. The first kappa shape index (κ1) is 20.2. The van der Waals surface area contributed by atoms with Crippen LogP contribution in [0.1, 0.15) is 52.2 Å². The first-order valence-electron chi connectivity index (χ1n) is 11.1. The molecule has 3 heterocycles. The van der Waals surface area contributed by atoms with Crippen molar-refractivity contribution in [2.24, 2.45) is 0 Å². The fraction of sp³-hybridized carbons (Fsp3) is 0.292. The van der Waals surface area contributed by atoms with Gasteiger partial charge in [-0.2, -0.15) is 0 Å². The van der Waals surface area contributed by atoms with Gasteiger partial charge < -0.3 is 9.88 Å². The second-order valence-electron chi connectivity index (χ2n) is 8.77. The van der Waals surface area contributed by atoms with E-state index in [1.165, 1.54) is 24.6 Å². The van der Waals surface area contributed by atoms with E-state index in [4.69, 9.17) is 4.98 Å². The van der Waals surface area contributed by atoms with Gasteiger partial charge in [0, 0.05) is 42.0 Å². The average molecular weight is 463 g/mol. The lowest BCUT2D eigenvalue weighted by molar-refractivity contribution is 0.0864. The molecule has 2 aromatic carbocycles. The highest BCUT2D eigenvalue weighted by Crippen LogP contribution is 2.39. The van der Waals surface area contributed by atoms with E-state index in [-0.39, 0.29) is 22.1 Å². The summed E-state index contributed by atoms with van der Waals surface area (Å²) in [7, 11) is -3.90. The molecule has 0 unspecified atom stereocenters. The highest BCUT2D eigenvalue weighted by Gasteiger charge is 2.48. The summed E-state index contributed by atoms with van der Waals surface area (Å²) in [5, 5.41) is 2.80. The van der Waals surface area contributed by atoms with Gasteiger partial charge in [0.1, 0.15) is 10.7 Å². The van der Waals surface area contributed by atoms with Crippen LogP contribution in [-0.4, -0.2) is 40.1 Å². The van der Waals surface area contributed by atoms with Gasteiger partial charge in [-0.3, -0.25) is 9.59 Å². The van der Waals surface area contributed by atoms with Crippen molar-refractivity contribution in [2.45, 2.75) is 49.6 Å². The summed E-state index contributed by atoms with van der Waals surface area (Å²) in [4.78, 5) is 30.0. The summed E-state index contributed by atoms with van der Waals surface area (Å²) in [5.74, 6) is 0.172. The summed E-state index contributed by atoms with van der Waals surface area (Å²) >= 11 is 0. The maximum Gasteiger partial charge on any atom is 0.269 e. The number of sulfonamides is 1. The van der Waals surface area contributed by atoms with Crippen molar-refractivity contribution in [2.75, 3.05) is 5.32 Å². The normalized spacial score (nSPS) is 18.7. The predicted molar refractivity (Wildman–Crippen MR) is 121 cm³/mol. The number of anilines is 1. The van der Waals surface area contributed by atoms with Crippen LogP contribution in [0.4, 0.5) is 5.69 Å². The molecule has 0 bridgehead atoms. The number of hydrogen-bond acceptors (Lipinski definition) is 5. The summed E-state index contributed by atoms with van der Waals surface area (Å²) in [6.45, 7) is 0.997. The van der Waals surface area contributed by atoms with E-state index in [0.717, 1.165) is 40.8 Å². The molecule has 3 aliphatic rings. The van der Waals surface area contributed by atoms with E-state index in [9.17, 15) is 18.0 Å². The van der Waals surface area contributed by atoms with Gasteiger partial charge in [-0.05, 0) is 56.0 Å². The van der Waals surface area contributed by atoms with Crippen LogP contribution in [0.3, 0.4) is 0 Å². The van der Waals surface area contributed by atoms with Crippen LogP contribution in [0.5, 0.6) is 0 Å². The lowest BCUT2D eigenvalue weighted by Crippen LogP contribution is -2.31. The van der Waals surface area contributed by atoms with Gasteiger partial charge in [0.25, 0.3) is 21.8 Å². The van der Waals surface area contributed by atoms with Gasteiger partial charge in [0.2, 0.25) is 0 Å². The SMILES string of the molecule is O=C(Nc1ccc(-c2cn3c(n2)CCCC3)cc1)c1ccc2c(c1)S(=O)(=O)N(C1CC1)C2=O. The van der Waals surface area contributed by atoms with Crippen molar-refractivity contribution in [3.63, 3.8) is 0 Å². The topological polar surface area (TPSA) is 101 Å². The second kappa shape index (κ2) is 7.28. The Hall–Kier alpha value is -3.46. The molecule has 1 aliphatic carbocycles. The molecule has 168 valence electrons. The van der Waals surface area contributed by atoms with Crippen LogP contribution in [0.15, 0.2) is 53.6 Å². The Balaban J connectivity index is 1.21. The predicted octanol–water partition coefficient (Wildman–Crippen LogP) is 3.45. The Morgan fingerprint density at radius 3 is 2.58 bits per heavy atom. The standard InChI is InChI=1S/C24H22N4O4S/c29-23(16-6-11-19-21(13-16)33(31,32)28(24(19)30)18-9-10-18)25-17-7-4-15(5-8-17)20-14-27-12-2-1-3-22(27)26-20/h4-8,11,13-14,18H,1-3,9-10,12H2,(H,25,29). The van der Waals surface area contributed by atoms with Crippen LogP contribution < -0.4 is 5.32 Å². The van der Waals surface area contributed by atoms with Crippen LogP contribution >= 0.6 is 0 Å². The minimum Gasteiger partial charge on any atom is -0.334 e. The molecule has 1 N–H and O–H groups in total. The Labute approximate surface area is 191 Å². The summed E-state index contributed by atoms with van der Waals surface area (Å²) in [6.07, 6.45) is 6.77. The Morgan fingerprint density at radius 2 is 1.85 bits per heavy atom. The number of rotatable bonds is 4. The summed E-state index contributed by atoms with van der Waals surface area (Å²) in [6, 6.07) is 11.4. The highest BCUT2D eigenvalue weighted by atomic mass is 32.2. The highest BCUT2D eigenvalue weighted by molar-refractivity contribution is 7.90. The van der Waals surface area contributed by atoms with Crippen LogP contribution in [-0.2, 0) is 23.0 Å². The Bertz CT molecular complexity index is 1380. The van der Waals surface area contributed by atoms with Crippen molar-refractivity contribution >= 4 is 27.5 Å². The van der Waals surface area contributed by atoms with E-state index < -0.39 is 21.8 Å². The second-order valence-corrected chi connectivity index (χ2v) is 10.6. The number of nitrogens with one attached hydrogen (secondary N) is 1. The van der Waals surface area contributed by atoms with Crippen molar-refractivity contribution in [1.82, 2.24) is 13.9 Å². The number of aromatic nitrogens is 2. The number of fused-ring (bicyclic) bond motifs is 2. The summed E-state index contributed by atoms with van der Waals surface area (Å²) in [5.41, 5.74) is 2.79. The minimum atomic E-state index is -3.90. The molecule has 8 nitrogen and oxygen atoms in total. The maximum atomic E-state index is 12.8. The third-order valence-corrected chi connectivity index (χ3v) is 8.31. The molecule has 2 amide bonds. The third-order valence-electron chi connectivity index (χ3n) is 6.44. The number of carbonyl (C=O) groups is 2. The number of nitrogens with zero attached hydrogens (tertiary/aromatic N) is 3. The quantitative estimate of drug-likeness (QED) is 0.640. The van der Waals surface area contributed by atoms with E-state index in [1.54, 1.807) is 12.1 Å². The van der Waals surface area contributed by atoms with Gasteiger partial charge in [-0.1, -0.05) is 12.1 Å². The molecule has 9 heteroatoms. The lowest BCUT2D eigenvalue weighted by Gasteiger charge is -2.13. The van der Waals surface area contributed by atoms with E-state index >= 15 is 0 Å². The number of benzene rings is 2. The zero-order valence-electron chi connectivity index (χ0n) is 17.8. The molecule has 33 heavy (non-hydrogen) atoms. The van der Waals surface area contributed by atoms with E-state index in [2.05, 4.69) is 16.1 Å². The smallest absolute Gasteiger partial charge is 0.269 e. The average Bonchev–Trinajstić information content (AvgIpc) is 3.50. The summed E-state index contributed by atoms with van der Waals surface area (Å²) < 4.78 is 28.8. The van der Waals surface area contributed by atoms with Crippen molar-refractivity contribution in [1.29, 1.82) is 0 Å². The molecule has 0 atom stereocenters. The molecule has 6 rings (SSSR count). The molecular formula is C24H22N4O4S. The molecule has 2 aliphatic heterocycles. The zero-order chi connectivity index (χ0) is 22.7. The van der Waals surface area contributed by atoms with E-state index in [1.807, 2.05) is 12.1 Å². The first-order valence-corrected chi connectivity index (χ1v) is 12.6. The molecule has 0 saturated heterocycles. The molecular weight excluding hydrogens is 440 g/mol. The molecule has 1 fully saturated rings. The molecule has 1 aromatic heterocycles. The van der Waals surface area contributed by atoms with Crippen molar-refractivity contribution in [3.8, 4) is 11.3 Å². The lowest BCUT2D eigenvalue weighted by atomic mass is 10.1. The largest absolute Gasteiger partial charge is 0.334 e. The zero-order valence-corrected chi connectivity index (χ0v) is 18.6. The Morgan fingerprint density at radius 1 is 1.06 bits per heavy atom. The van der Waals surface area contributed by atoms with Gasteiger partial charge in [0.15, 0.2) is 0 Å². The number of hydrogen-bond donors (Lipinski definition) is 1.